The SMILES string of the molecule is NCCCN(C(N)=S)c1ccc(O)cc1. The van der Waals surface area contributed by atoms with Crippen molar-refractivity contribution >= 4 is 23.0 Å². The van der Waals surface area contributed by atoms with Crippen LogP contribution in [0.4, 0.5) is 5.69 Å². The fraction of sp³-hybridized carbons (Fsp3) is 0.300. The first-order valence-corrected chi connectivity index (χ1v) is 5.12. The average molecular weight is 225 g/mol. The van der Waals surface area contributed by atoms with Crippen molar-refractivity contribution in [2.75, 3.05) is 18.0 Å². The van der Waals surface area contributed by atoms with Crippen molar-refractivity contribution in [2.24, 2.45) is 11.5 Å². The van der Waals surface area contributed by atoms with Gasteiger partial charge in [-0.15, -0.1) is 0 Å². The molecule has 0 heterocycles. The second-order valence-electron chi connectivity index (χ2n) is 3.15. The number of nitrogens with zero attached hydrogens (tertiary/aromatic N) is 1. The Hall–Kier alpha value is -1.33. The highest BCUT2D eigenvalue weighted by Crippen LogP contribution is 2.18. The van der Waals surface area contributed by atoms with E-state index in [2.05, 4.69) is 0 Å². The van der Waals surface area contributed by atoms with Crippen LogP contribution in [-0.4, -0.2) is 23.3 Å². The lowest BCUT2D eigenvalue weighted by Gasteiger charge is -2.22. The maximum atomic E-state index is 9.15. The van der Waals surface area contributed by atoms with Crippen molar-refractivity contribution in [1.29, 1.82) is 0 Å². The molecule has 1 aromatic rings. The van der Waals surface area contributed by atoms with Gasteiger partial charge in [0.25, 0.3) is 0 Å². The monoisotopic (exact) mass is 225 g/mol. The van der Waals surface area contributed by atoms with E-state index in [1.807, 2.05) is 0 Å². The van der Waals surface area contributed by atoms with Crippen LogP contribution in [0.2, 0.25) is 0 Å². The van der Waals surface area contributed by atoms with Gasteiger partial charge in [0.2, 0.25) is 0 Å². The van der Waals surface area contributed by atoms with Crippen molar-refractivity contribution in [2.45, 2.75) is 6.42 Å². The Labute approximate surface area is 94.5 Å². The maximum absolute atomic E-state index is 9.15. The van der Waals surface area contributed by atoms with Gasteiger partial charge < -0.3 is 21.5 Å². The van der Waals surface area contributed by atoms with Crippen LogP contribution in [0.5, 0.6) is 5.75 Å². The second kappa shape index (κ2) is 5.53. The summed E-state index contributed by atoms with van der Waals surface area (Å²) in [6.07, 6.45) is 0.818. The van der Waals surface area contributed by atoms with Crippen molar-refractivity contribution in [3.63, 3.8) is 0 Å². The minimum Gasteiger partial charge on any atom is -0.508 e. The molecular formula is C10H15N3OS. The summed E-state index contributed by atoms with van der Waals surface area (Å²) in [5.74, 6) is 0.223. The molecule has 0 saturated heterocycles. The minimum absolute atomic E-state index is 0.223. The lowest BCUT2D eigenvalue weighted by molar-refractivity contribution is 0.475. The fourth-order valence-electron chi connectivity index (χ4n) is 1.25. The van der Waals surface area contributed by atoms with Crippen LogP contribution < -0.4 is 16.4 Å². The fourth-order valence-corrected chi connectivity index (χ4v) is 1.45. The number of phenolic OH excluding ortho intramolecular Hbond substituents is 1. The zero-order valence-electron chi connectivity index (χ0n) is 8.39. The molecule has 0 radical (unpaired) electrons. The Morgan fingerprint density at radius 3 is 2.40 bits per heavy atom. The van der Waals surface area contributed by atoms with Crippen molar-refractivity contribution < 1.29 is 5.11 Å². The van der Waals surface area contributed by atoms with E-state index >= 15 is 0 Å². The molecule has 0 aliphatic rings. The number of hydrogen-bond acceptors (Lipinski definition) is 3. The summed E-state index contributed by atoms with van der Waals surface area (Å²) in [5.41, 5.74) is 11.9. The van der Waals surface area contributed by atoms with E-state index < -0.39 is 0 Å². The van der Waals surface area contributed by atoms with Crippen LogP contribution in [0, 0.1) is 0 Å². The van der Waals surface area contributed by atoms with Crippen molar-refractivity contribution in [3.05, 3.63) is 24.3 Å². The minimum atomic E-state index is 0.223. The average Bonchev–Trinajstić information content (AvgIpc) is 2.21. The van der Waals surface area contributed by atoms with E-state index in [9.17, 15) is 0 Å². The molecule has 0 bridgehead atoms. The van der Waals surface area contributed by atoms with Gasteiger partial charge in [-0.05, 0) is 49.4 Å². The van der Waals surface area contributed by atoms with E-state index in [4.69, 9.17) is 28.8 Å². The van der Waals surface area contributed by atoms with Gasteiger partial charge >= 0.3 is 0 Å². The topological polar surface area (TPSA) is 75.5 Å². The summed E-state index contributed by atoms with van der Waals surface area (Å²) in [6, 6.07) is 6.74. The predicted octanol–water partition coefficient (Wildman–Crippen LogP) is 0.791. The number of rotatable bonds is 4. The van der Waals surface area contributed by atoms with E-state index in [0.717, 1.165) is 12.1 Å². The molecule has 0 aromatic heterocycles. The molecule has 5 heteroatoms. The van der Waals surface area contributed by atoms with Crippen LogP contribution in [-0.2, 0) is 0 Å². The number of phenols is 1. The molecule has 82 valence electrons. The van der Waals surface area contributed by atoms with Gasteiger partial charge in [-0.3, -0.25) is 0 Å². The number of anilines is 1. The predicted molar refractivity (Wildman–Crippen MR) is 65.9 cm³/mol. The quantitative estimate of drug-likeness (QED) is 0.661. The molecule has 0 atom stereocenters. The Morgan fingerprint density at radius 2 is 1.93 bits per heavy atom. The van der Waals surface area contributed by atoms with E-state index in [-0.39, 0.29) is 5.75 Å². The highest BCUT2D eigenvalue weighted by molar-refractivity contribution is 7.80. The highest BCUT2D eigenvalue weighted by Gasteiger charge is 2.08. The molecule has 1 rings (SSSR count). The number of thiocarbonyl (C=S) groups is 1. The first-order chi connectivity index (χ1) is 7.15. The zero-order valence-corrected chi connectivity index (χ0v) is 9.20. The third-order valence-electron chi connectivity index (χ3n) is 2.01. The summed E-state index contributed by atoms with van der Waals surface area (Å²) in [4.78, 5) is 1.79. The molecule has 4 nitrogen and oxygen atoms in total. The largest absolute Gasteiger partial charge is 0.508 e. The summed E-state index contributed by atoms with van der Waals surface area (Å²) >= 11 is 4.95. The van der Waals surface area contributed by atoms with Crippen LogP contribution in [0.25, 0.3) is 0 Å². The molecule has 0 aliphatic heterocycles. The molecule has 0 unspecified atom stereocenters. The summed E-state index contributed by atoms with van der Waals surface area (Å²) in [5, 5.41) is 9.46. The molecule has 0 amide bonds. The number of nitrogens with two attached hydrogens (primary N) is 2. The third kappa shape index (κ3) is 3.38. The standard InChI is InChI=1S/C10H15N3OS/c11-6-1-7-13(10(12)15)8-2-4-9(14)5-3-8/h2-5,14H,1,6-7,11H2,(H2,12,15). The van der Waals surface area contributed by atoms with Crippen molar-refractivity contribution in [1.82, 2.24) is 0 Å². The smallest absolute Gasteiger partial charge is 0.170 e. The molecule has 15 heavy (non-hydrogen) atoms. The molecule has 0 fully saturated rings. The van der Waals surface area contributed by atoms with E-state index in [1.54, 1.807) is 29.2 Å². The van der Waals surface area contributed by atoms with Gasteiger partial charge in [0.15, 0.2) is 5.11 Å². The number of hydrogen-bond donors (Lipinski definition) is 3. The second-order valence-corrected chi connectivity index (χ2v) is 3.57. The molecule has 1 aromatic carbocycles. The summed E-state index contributed by atoms with van der Waals surface area (Å²) in [7, 11) is 0. The van der Waals surface area contributed by atoms with E-state index in [1.165, 1.54) is 0 Å². The van der Waals surface area contributed by atoms with Gasteiger partial charge in [-0.25, -0.2) is 0 Å². The maximum Gasteiger partial charge on any atom is 0.170 e. The molecule has 0 saturated carbocycles. The number of aromatic hydroxyl groups is 1. The van der Waals surface area contributed by atoms with Gasteiger partial charge in [0.1, 0.15) is 5.75 Å². The molecule has 0 aliphatic carbocycles. The lowest BCUT2D eigenvalue weighted by Crippen LogP contribution is -2.36. The van der Waals surface area contributed by atoms with Gasteiger partial charge in [-0.2, -0.15) is 0 Å². The number of benzene rings is 1. The lowest BCUT2D eigenvalue weighted by atomic mass is 10.2. The highest BCUT2D eigenvalue weighted by atomic mass is 32.1. The molecule has 5 N–H and O–H groups in total. The van der Waals surface area contributed by atoms with Gasteiger partial charge in [0, 0.05) is 12.2 Å². The Morgan fingerprint density at radius 1 is 1.33 bits per heavy atom. The molecule has 0 spiro atoms. The van der Waals surface area contributed by atoms with Crippen LogP contribution in [0.1, 0.15) is 6.42 Å². The first kappa shape index (κ1) is 11.7. The summed E-state index contributed by atoms with van der Waals surface area (Å²) in [6.45, 7) is 1.29. The first-order valence-electron chi connectivity index (χ1n) is 4.71. The van der Waals surface area contributed by atoms with Crippen LogP contribution in [0.15, 0.2) is 24.3 Å². The molecular weight excluding hydrogens is 210 g/mol. The Bertz CT molecular complexity index is 326. The van der Waals surface area contributed by atoms with Gasteiger partial charge in [0.05, 0.1) is 0 Å². The van der Waals surface area contributed by atoms with E-state index in [0.29, 0.717) is 18.2 Å². The third-order valence-corrected chi connectivity index (χ3v) is 2.23. The van der Waals surface area contributed by atoms with Crippen molar-refractivity contribution in [3.8, 4) is 5.75 Å². The van der Waals surface area contributed by atoms with Crippen LogP contribution >= 0.6 is 12.2 Å². The van der Waals surface area contributed by atoms with Crippen LogP contribution in [0.3, 0.4) is 0 Å². The Kier molecular flexibility index (Phi) is 4.33. The zero-order chi connectivity index (χ0) is 11.3. The van der Waals surface area contributed by atoms with Gasteiger partial charge in [-0.1, -0.05) is 0 Å². The summed E-state index contributed by atoms with van der Waals surface area (Å²) < 4.78 is 0. The Balaban J connectivity index is 2.79. The normalized spacial score (nSPS) is 9.93.